The average molecular weight is 310 g/mol. The lowest BCUT2D eigenvalue weighted by Crippen LogP contribution is -2.14. The number of benzene rings is 1. The van der Waals surface area contributed by atoms with Crippen LogP contribution in [-0.2, 0) is 6.54 Å². The monoisotopic (exact) mass is 309 g/mol. The number of fused-ring (bicyclic) bond motifs is 1. The Kier molecular flexibility index (Phi) is 2.64. The molecule has 0 aliphatic rings. The molecule has 3 nitrogen and oxygen atoms in total. The van der Waals surface area contributed by atoms with Gasteiger partial charge in [-0.15, -0.1) is 11.3 Å². The van der Waals surface area contributed by atoms with E-state index in [1.807, 2.05) is 29.6 Å². The van der Waals surface area contributed by atoms with Gasteiger partial charge in [-0.25, -0.2) is 4.79 Å². The maximum absolute atomic E-state index is 11.8. The van der Waals surface area contributed by atoms with Gasteiger partial charge in [0.05, 0.1) is 12.1 Å². The number of para-hydroxylation sites is 2. The van der Waals surface area contributed by atoms with Crippen LogP contribution in [0.25, 0.3) is 11.1 Å². The van der Waals surface area contributed by atoms with E-state index in [1.165, 1.54) is 0 Å². The molecular formula is C12H8BrNO2S. The second-order valence-corrected chi connectivity index (χ2v) is 5.47. The van der Waals surface area contributed by atoms with E-state index < -0.39 is 0 Å². The Balaban J connectivity index is 2.15. The van der Waals surface area contributed by atoms with Crippen LogP contribution >= 0.6 is 27.3 Å². The highest BCUT2D eigenvalue weighted by atomic mass is 79.9. The Labute approximate surface area is 109 Å². The van der Waals surface area contributed by atoms with Crippen molar-refractivity contribution < 1.29 is 4.42 Å². The van der Waals surface area contributed by atoms with Gasteiger partial charge in [-0.3, -0.25) is 4.57 Å². The van der Waals surface area contributed by atoms with Gasteiger partial charge in [-0.05, 0) is 39.5 Å². The van der Waals surface area contributed by atoms with Crippen molar-refractivity contribution in [1.82, 2.24) is 4.57 Å². The molecule has 0 aliphatic heterocycles. The van der Waals surface area contributed by atoms with Crippen molar-refractivity contribution in [1.29, 1.82) is 0 Å². The molecule has 0 radical (unpaired) electrons. The predicted molar refractivity (Wildman–Crippen MR) is 71.6 cm³/mol. The maximum Gasteiger partial charge on any atom is 0.420 e. The molecule has 0 spiro atoms. The third-order valence-electron chi connectivity index (χ3n) is 2.57. The zero-order valence-electron chi connectivity index (χ0n) is 8.72. The molecule has 0 bridgehead atoms. The quantitative estimate of drug-likeness (QED) is 0.726. The first-order valence-corrected chi connectivity index (χ1v) is 6.73. The van der Waals surface area contributed by atoms with E-state index in [0.29, 0.717) is 12.1 Å². The first-order chi connectivity index (χ1) is 8.25. The van der Waals surface area contributed by atoms with Crippen molar-refractivity contribution in [3.8, 4) is 0 Å². The lowest BCUT2D eigenvalue weighted by atomic mass is 10.3. The van der Waals surface area contributed by atoms with E-state index in [4.69, 9.17) is 4.42 Å². The van der Waals surface area contributed by atoms with Gasteiger partial charge in [0.15, 0.2) is 5.58 Å². The van der Waals surface area contributed by atoms with Crippen molar-refractivity contribution in [3.05, 3.63) is 55.6 Å². The van der Waals surface area contributed by atoms with Gasteiger partial charge in [0.25, 0.3) is 0 Å². The Morgan fingerprint density at radius 1 is 1.29 bits per heavy atom. The van der Waals surface area contributed by atoms with Crippen LogP contribution in [0.2, 0.25) is 0 Å². The van der Waals surface area contributed by atoms with Crippen LogP contribution in [0.5, 0.6) is 0 Å². The molecule has 17 heavy (non-hydrogen) atoms. The SMILES string of the molecule is O=c1oc2ccccc2n1Cc1sccc1Br. The van der Waals surface area contributed by atoms with Crippen molar-refractivity contribution >= 4 is 38.4 Å². The molecule has 0 saturated heterocycles. The van der Waals surface area contributed by atoms with Crippen molar-refractivity contribution in [2.45, 2.75) is 6.54 Å². The summed E-state index contributed by atoms with van der Waals surface area (Å²) >= 11 is 5.08. The van der Waals surface area contributed by atoms with Crippen LogP contribution in [0.15, 0.2) is 49.4 Å². The standard InChI is InChI=1S/C12H8BrNO2S/c13-8-5-6-17-11(8)7-14-9-3-1-2-4-10(9)16-12(14)15/h1-6H,7H2. The normalized spacial score (nSPS) is 11.1. The fraction of sp³-hybridized carbons (Fsp3) is 0.0833. The predicted octanol–water partition coefficient (Wildman–Crippen LogP) is 3.47. The number of halogens is 1. The molecule has 0 fully saturated rings. The minimum absolute atomic E-state index is 0.313. The molecule has 2 aromatic heterocycles. The van der Waals surface area contributed by atoms with Gasteiger partial charge in [-0.1, -0.05) is 12.1 Å². The number of nitrogens with zero attached hydrogens (tertiary/aromatic N) is 1. The molecule has 3 rings (SSSR count). The summed E-state index contributed by atoms with van der Waals surface area (Å²) in [5, 5.41) is 1.99. The molecule has 5 heteroatoms. The van der Waals surface area contributed by atoms with Gasteiger partial charge >= 0.3 is 5.76 Å². The van der Waals surface area contributed by atoms with Crippen LogP contribution < -0.4 is 5.76 Å². The fourth-order valence-electron chi connectivity index (χ4n) is 1.75. The van der Waals surface area contributed by atoms with Crippen molar-refractivity contribution in [2.75, 3.05) is 0 Å². The van der Waals surface area contributed by atoms with Gasteiger partial charge in [0.2, 0.25) is 0 Å². The summed E-state index contributed by atoms with van der Waals surface area (Å²) in [4.78, 5) is 12.9. The molecule has 0 unspecified atom stereocenters. The molecule has 0 N–H and O–H groups in total. The van der Waals surface area contributed by atoms with Crippen LogP contribution in [0, 0.1) is 0 Å². The highest BCUT2D eigenvalue weighted by Crippen LogP contribution is 2.24. The smallest absolute Gasteiger partial charge is 0.408 e. The summed E-state index contributed by atoms with van der Waals surface area (Å²) in [7, 11) is 0. The highest BCUT2D eigenvalue weighted by Gasteiger charge is 2.10. The topological polar surface area (TPSA) is 35.1 Å². The van der Waals surface area contributed by atoms with E-state index in [2.05, 4.69) is 15.9 Å². The highest BCUT2D eigenvalue weighted by molar-refractivity contribution is 9.10. The van der Waals surface area contributed by atoms with Crippen LogP contribution in [0.4, 0.5) is 0 Å². The maximum atomic E-state index is 11.8. The first kappa shape index (κ1) is 10.8. The molecule has 3 aromatic rings. The number of oxazole rings is 1. The van der Waals surface area contributed by atoms with E-state index in [9.17, 15) is 4.79 Å². The molecule has 1 aromatic carbocycles. The van der Waals surface area contributed by atoms with E-state index >= 15 is 0 Å². The minimum atomic E-state index is -0.313. The van der Waals surface area contributed by atoms with E-state index in [-0.39, 0.29) is 5.76 Å². The van der Waals surface area contributed by atoms with Gasteiger partial charge in [0, 0.05) is 9.35 Å². The van der Waals surface area contributed by atoms with Gasteiger partial charge in [-0.2, -0.15) is 0 Å². The van der Waals surface area contributed by atoms with Crippen LogP contribution in [0.3, 0.4) is 0 Å². The lowest BCUT2D eigenvalue weighted by molar-refractivity contribution is 0.518. The average Bonchev–Trinajstić information content (AvgIpc) is 2.85. The first-order valence-electron chi connectivity index (χ1n) is 5.06. The second kappa shape index (κ2) is 4.16. The Morgan fingerprint density at radius 2 is 2.12 bits per heavy atom. The Morgan fingerprint density at radius 3 is 2.88 bits per heavy atom. The van der Waals surface area contributed by atoms with Crippen LogP contribution in [0.1, 0.15) is 4.88 Å². The summed E-state index contributed by atoms with van der Waals surface area (Å²) in [5.74, 6) is -0.313. The third kappa shape index (κ3) is 1.85. The molecular weight excluding hydrogens is 302 g/mol. The Bertz CT molecular complexity index is 725. The molecule has 0 aliphatic carbocycles. The number of aromatic nitrogens is 1. The van der Waals surface area contributed by atoms with E-state index in [1.54, 1.807) is 22.0 Å². The van der Waals surface area contributed by atoms with E-state index in [0.717, 1.165) is 14.9 Å². The molecule has 0 atom stereocenters. The second-order valence-electron chi connectivity index (χ2n) is 3.61. The molecule has 0 saturated carbocycles. The number of rotatable bonds is 2. The third-order valence-corrected chi connectivity index (χ3v) is 4.48. The summed E-state index contributed by atoms with van der Waals surface area (Å²) in [5.41, 5.74) is 1.46. The summed E-state index contributed by atoms with van der Waals surface area (Å²) < 4.78 is 7.86. The molecule has 2 heterocycles. The number of thiophene rings is 1. The Hall–Kier alpha value is -1.33. The summed E-state index contributed by atoms with van der Waals surface area (Å²) in [6.07, 6.45) is 0. The van der Waals surface area contributed by atoms with Crippen LogP contribution in [-0.4, -0.2) is 4.57 Å². The van der Waals surface area contributed by atoms with Crippen molar-refractivity contribution in [2.24, 2.45) is 0 Å². The summed E-state index contributed by atoms with van der Waals surface area (Å²) in [6, 6.07) is 9.43. The zero-order chi connectivity index (χ0) is 11.8. The minimum Gasteiger partial charge on any atom is -0.408 e. The molecule has 0 amide bonds. The molecule has 86 valence electrons. The fourth-order valence-corrected chi connectivity index (χ4v) is 3.21. The largest absolute Gasteiger partial charge is 0.420 e. The lowest BCUT2D eigenvalue weighted by Gasteiger charge is -2.00. The summed E-state index contributed by atoms with van der Waals surface area (Å²) in [6.45, 7) is 0.536. The van der Waals surface area contributed by atoms with Gasteiger partial charge < -0.3 is 4.42 Å². The van der Waals surface area contributed by atoms with Gasteiger partial charge in [0.1, 0.15) is 0 Å². The zero-order valence-corrected chi connectivity index (χ0v) is 11.1. The number of hydrogen-bond acceptors (Lipinski definition) is 3. The number of hydrogen-bond donors (Lipinski definition) is 0. The van der Waals surface area contributed by atoms with Crippen molar-refractivity contribution in [3.63, 3.8) is 0 Å².